The molecular formula is C14H22N2OS. The van der Waals surface area contributed by atoms with Gasteiger partial charge in [0.15, 0.2) is 0 Å². The Hall–Kier alpha value is -0.870. The third-order valence-electron chi connectivity index (χ3n) is 3.46. The van der Waals surface area contributed by atoms with E-state index in [9.17, 15) is 4.79 Å². The molecule has 1 aromatic rings. The fourth-order valence-electron chi connectivity index (χ4n) is 2.40. The Morgan fingerprint density at radius 1 is 1.44 bits per heavy atom. The van der Waals surface area contributed by atoms with Crippen molar-refractivity contribution in [2.24, 2.45) is 0 Å². The van der Waals surface area contributed by atoms with Crippen LogP contribution in [0.25, 0.3) is 0 Å². The zero-order chi connectivity index (χ0) is 12.8. The first-order chi connectivity index (χ1) is 8.77. The molecule has 4 heteroatoms. The van der Waals surface area contributed by atoms with Crippen LogP contribution in [0.1, 0.15) is 37.0 Å². The minimum Gasteiger partial charge on any atom is -0.339 e. The molecular weight excluding hydrogens is 244 g/mol. The number of amides is 1. The first kappa shape index (κ1) is 13.6. The average Bonchev–Trinajstić information content (AvgIpc) is 2.80. The highest BCUT2D eigenvalue weighted by molar-refractivity contribution is 7.09. The lowest BCUT2D eigenvalue weighted by atomic mass is 10.0. The second-order valence-corrected chi connectivity index (χ2v) is 6.02. The van der Waals surface area contributed by atoms with Gasteiger partial charge in [0, 0.05) is 11.9 Å². The summed E-state index contributed by atoms with van der Waals surface area (Å²) in [6.45, 7) is 1.71. The number of nitrogens with zero attached hydrogens (tertiary/aromatic N) is 1. The zero-order valence-corrected chi connectivity index (χ0v) is 11.8. The standard InChI is InChI=1S/C14H22N2OS/c1-16(11-12-7-6-10-18-12)14(17)13-8-4-2-3-5-9-15-13/h6-7,10,13,15H,2-5,8-9,11H2,1H3. The normalized spacial score (nSPS) is 21.1. The maximum atomic E-state index is 12.4. The summed E-state index contributed by atoms with van der Waals surface area (Å²) in [6.07, 6.45) is 5.89. The first-order valence-corrected chi connectivity index (χ1v) is 7.66. The van der Waals surface area contributed by atoms with Crippen LogP contribution in [-0.4, -0.2) is 30.4 Å². The van der Waals surface area contributed by atoms with Gasteiger partial charge in [0.25, 0.3) is 0 Å². The smallest absolute Gasteiger partial charge is 0.239 e. The molecule has 100 valence electrons. The Labute approximate surface area is 113 Å². The molecule has 1 aliphatic rings. The van der Waals surface area contributed by atoms with E-state index in [1.165, 1.54) is 24.1 Å². The molecule has 0 radical (unpaired) electrons. The van der Waals surface area contributed by atoms with Gasteiger partial charge < -0.3 is 10.2 Å². The van der Waals surface area contributed by atoms with E-state index in [0.717, 1.165) is 25.9 Å². The van der Waals surface area contributed by atoms with E-state index in [1.807, 2.05) is 18.0 Å². The predicted molar refractivity (Wildman–Crippen MR) is 75.7 cm³/mol. The van der Waals surface area contributed by atoms with Gasteiger partial charge in [-0.2, -0.15) is 0 Å². The number of carbonyl (C=O) groups is 1. The van der Waals surface area contributed by atoms with Crippen LogP contribution >= 0.6 is 11.3 Å². The van der Waals surface area contributed by atoms with Gasteiger partial charge in [-0.3, -0.25) is 4.79 Å². The molecule has 1 unspecified atom stereocenters. The highest BCUT2D eigenvalue weighted by atomic mass is 32.1. The Morgan fingerprint density at radius 3 is 3.06 bits per heavy atom. The van der Waals surface area contributed by atoms with Crippen LogP contribution in [-0.2, 0) is 11.3 Å². The molecule has 0 bridgehead atoms. The van der Waals surface area contributed by atoms with Gasteiger partial charge in [0.05, 0.1) is 12.6 Å². The average molecular weight is 266 g/mol. The van der Waals surface area contributed by atoms with Crippen LogP contribution in [0.5, 0.6) is 0 Å². The predicted octanol–water partition coefficient (Wildman–Crippen LogP) is 2.63. The van der Waals surface area contributed by atoms with Crippen LogP contribution in [0.2, 0.25) is 0 Å². The van der Waals surface area contributed by atoms with E-state index in [2.05, 4.69) is 16.8 Å². The number of carbonyl (C=O) groups excluding carboxylic acids is 1. The van der Waals surface area contributed by atoms with Gasteiger partial charge in [0.2, 0.25) is 5.91 Å². The molecule has 0 aliphatic carbocycles. The summed E-state index contributed by atoms with van der Waals surface area (Å²) < 4.78 is 0. The van der Waals surface area contributed by atoms with E-state index in [-0.39, 0.29) is 11.9 Å². The van der Waals surface area contributed by atoms with Gasteiger partial charge in [-0.05, 0) is 30.8 Å². The Bertz CT molecular complexity index is 356. The van der Waals surface area contributed by atoms with Crippen molar-refractivity contribution in [1.29, 1.82) is 0 Å². The van der Waals surface area contributed by atoms with Gasteiger partial charge in [-0.25, -0.2) is 0 Å². The molecule has 0 aromatic carbocycles. The third-order valence-corrected chi connectivity index (χ3v) is 4.32. The van der Waals surface area contributed by atoms with E-state index in [1.54, 1.807) is 11.3 Å². The van der Waals surface area contributed by atoms with Gasteiger partial charge in [0.1, 0.15) is 0 Å². The summed E-state index contributed by atoms with van der Waals surface area (Å²) in [7, 11) is 1.91. The Morgan fingerprint density at radius 2 is 2.28 bits per heavy atom. The van der Waals surface area contributed by atoms with Gasteiger partial charge in [-0.1, -0.05) is 25.3 Å². The van der Waals surface area contributed by atoms with Crippen molar-refractivity contribution in [3.8, 4) is 0 Å². The maximum absolute atomic E-state index is 12.4. The van der Waals surface area contributed by atoms with Crippen molar-refractivity contribution in [2.45, 2.75) is 44.7 Å². The summed E-state index contributed by atoms with van der Waals surface area (Å²) in [6, 6.07) is 4.14. The summed E-state index contributed by atoms with van der Waals surface area (Å²) in [4.78, 5) is 15.5. The highest BCUT2D eigenvalue weighted by Gasteiger charge is 2.22. The molecule has 1 aliphatic heterocycles. The van der Waals surface area contributed by atoms with Crippen LogP contribution in [0, 0.1) is 0 Å². The lowest BCUT2D eigenvalue weighted by molar-refractivity contribution is -0.132. The Balaban J connectivity index is 1.87. The fraction of sp³-hybridized carbons (Fsp3) is 0.643. The number of likely N-dealkylation sites (N-methyl/N-ethyl adjacent to an activating group) is 1. The molecule has 1 aromatic heterocycles. The number of thiophene rings is 1. The zero-order valence-electron chi connectivity index (χ0n) is 11.0. The molecule has 2 rings (SSSR count). The van der Waals surface area contributed by atoms with Crippen molar-refractivity contribution < 1.29 is 4.79 Å². The van der Waals surface area contributed by atoms with Gasteiger partial charge in [-0.15, -0.1) is 11.3 Å². The minimum absolute atomic E-state index is 0.0234. The summed E-state index contributed by atoms with van der Waals surface area (Å²) in [5.41, 5.74) is 0. The van der Waals surface area contributed by atoms with Gasteiger partial charge >= 0.3 is 0 Å². The number of rotatable bonds is 3. The first-order valence-electron chi connectivity index (χ1n) is 6.78. The molecule has 0 spiro atoms. The van der Waals surface area contributed by atoms with Crippen molar-refractivity contribution in [1.82, 2.24) is 10.2 Å². The Kier molecular flexibility index (Phi) is 5.20. The van der Waals surface area contributed by atoms with E-state index < -0.39 is 0 Å². The monoisotopic (exact) mass is 266 g/mol. The largest absolute Gasteiger partial charge is 0.339 e. The fourth-order valence-corrected chi connectivity index (χ4v) is 3.15. The molecule has 1 saturated heterocycles. The van der Waals surface area contributed by atoms with Crippen LogP contribution < -0.4 is 5.32 Å². The SMILES string of the molecule is CN(Cc1cccs1)C(=O)C1CCCCCCN1. The number of hydrogen-bond acceptors (Lipinski definition) is 3. The van der Waals surface area contributed by atoms with Crippen molar-refractivity contribution in [3.63, 3.8) is 0 Å². The van der Waals surface area contributed by atoms with Crippen molar-refractivity contribution in [2.75, 3.05) is 13.6 Å². The molecule has 2 heterocycles. The second kappa shape index (κ2) is 6.90. The number of hydrogen-bond donors (Lipinski definition) is 1. The molecule has 18 heavy (non-hydrogen) atoms. The summed E-state index contributed by atoms with van der Waals surface area (Å²) in [5.74, 6) is 0.241. The van der Waals surface area contributed by atoms with E-state index in [0.29, 0.717) is 0 Å². The van der Waals surface area contributed by atoms with E-state index >= 15 is 0 Å². The molecule has 0 saturated carbocycles. The lowest BCUT2D eigenvalue weighted by Gasteiger charge is -2.25. The molecule has 3 nitrogen and oxygen atoms in total. The van der Waals surface area contributed by atoms with Crippen LogP contribution in [0.3, 0.4) is 0 Å². The van der Waals surface area contributed by atoms with Crippen LogP contribution in [0.4, 0.5) is 0 Å². The van der Waals surface area contributed by atoms with Crippen molar-refractivity contribution >= 4 is 17.2 Å². The number of nitrogens with one attached hydrogen (secondary N) is 1. The molecule has 1 N–H and O–H groups in total. The molecule has 1 amide bonds. The highest BCUT2D eigenvalue weighted by Crippen LogP contribution is 2.14. The van der Waals surface area contributed by atoms with Crippen molar-refractivity contribution in [3.05, 3.63) is 22.4 Å². The summed E-state index contributed by atoms with van der Waals surface area (Å²) in [5, 5.41) is 5.45. The summed E-state index contributed by atoms with van der Waals surface area (Å²) >= 11 is 1.71. The third kappa shape index (κ3) is 3.82. The maximum Gasteiger partial charge on any atom is 0.239 e. The molecule has 1 fully saturated rings. The quantitative estimate of drug-likeness (QED) is 0.912. The van der Waals surface area contributed by atoms with E-state index in [4.69, 9.17) is 0 Å². The lowest BCUT2D eigenvalue weighted by Crippen LogP contribution is -2.45. The minimum atomic E-state index is 0.0234. The molecule has 1 atom stereocenters. The second-order valence-electron chi connectivity index (χ2n) is 4.98. The van der Waals surface area contributed by atoms with Crippen LogP contribution in [0.15, 0.2) is 17.5 Å². The topological polar surface area (TPSA) is 32.3 Å².